The van der Waals surface area contributed by atoms with Crippen molar-refractivity contribution in [1.82, 2.24) is 4.98 Å². The number of esters is 1. The van der Waals surface area contributed by atoms with Crippen molar-refractivity contribution in [1.29, 1.82) is 0 Å². The molecule has 2 rings (SSSR count). The van der Waals surface area contributed by atoms with Gasteiger partial charge in [0.25, 0.3) is 0 Å². The number of hydrogen-bond acceptors (Lipinski definition) is 6. The number of anilines is 2. The zero-order chi connectivity index (χ0) is 13.1. The van der Waals surface area contributed by atoms with Crippen LogP contribution in [0.2, 0.25) is 0 Å². The van der Waals surface area contributed by atoms with Gasteiger partial charge < -0.3 is 15.4 Å². The van der Waals surface area contributed by atoms with E-state index >= 15 is 0 Å². The molecule has 1 aromatic rings. The Labute approximate surface area is 111 Å². The topological polar surface area (TPSA) is 68.5 Å². The number of nitrogens with two attached hydrogens (primary N) is 1. The first-order valence-electron chi connectivity index (χ1n) is 5.83. The van der Waals surface area contributed by atoms with Crippen molar-refractivity contribution < 1.29 is 9.53 Å². The van der Waals surface area contributed by atoms with Crippen molar-refractivity contribution in [3.05, 3.63) is 17.8 Å². The van der Waals surface area contributed by atoms with Gasteiger partial charge in [-0.15, -0.1) is 0 Å². The summed E-state index contributed by atoms with van der Waals surface area (Å²) in [6.07, 6.45) is 1.60. The van der Waals surface area contributed by atoms with Gasteiger partial charge in [-0.05, 0) is 6.07 Å². The third kappa shape index (κ3) is 2.53. The maximum absolute atomic E-state index is 11.6. The van der Waals surface area contributed by atoms with Crippen LogP contribution in [0.25, 0.3) is 0 Å². The van der Waals surface area contributed by atoms with Crippen LogP contribution in [0.1, 0.15) is 17.3 Å². The minimum absolute atomic E-state index is 0.383. The van der Waals surface area contributed by atoms with Crippen LogP contribution in [0, 0.1) is 0 Å². The molecule has 1 aliphatic rings. The number of rotatable bonds is 2. The number of carbonyl (C=O) groups excluding carboxylic acids is 1. The van der Waals surface area contributed by atoms with Gasteiger partial charge in [-0.3, -0.25) is 0 Å². The van der Waals surface area contributed by atoms with E-state index in [4.69, 9.17) is 10.5 Å². The average molecular weight is 267 g/mol. The highest BCUT2D eigenvalue weighted by atomic mass is 32.2. The third-order valence-corrected chi connectivity index (χ3v) is 4.05. The van der Waals surface area contributed by atoms with Crippen molar-refractivity contribution in [2.24, 2.45) is 0 Å². The largest absolute Gasteiger partial charge is 0.465 e. The number of carbonyl (C=O) groups is 1. The van der Waals surface area contributed by atoms with E-state index in [1.807, 2.05) is 11.8 Å². The summed E-state index contributed by atoms with van der Waals surface area (Å²) >= 11 is 1.94. The van der Waals surface area contributed by atoms with Gasteiger partial charge in [0.1, 0.15) is 0 Å². The number of hydrogen-bond donors (Lipinski definition) is 1. The summed E-state index contributed by atoms with van der Waals surface area (Å²) in [7, 11) is 1.35. The van der Waals surface area contributed by atoms with Crippen molar-refractivity contribution in [3.63, 3.8) is 0 Å². The SMILES string of the molecule is COC(=O)c1ccnc(N2CCSC(C)C2)c1N. The molecule has 2 heterocycles. The van der Waals surface area contributed by atoms with Crippen molar-refractivity contribution in [2.45, 2.75) is 12.2 Å². The predicted octanol–water partition coefficient (Wildman–Crippen LogP) is 1.39. The minimum atomic E-state index is -0.421. The van der Waals surface area contributed by atoms with E-state index in [0.717, 1.165) is 18.8 Å². The number of ether oxygens (including phenoxy) is 1. The van der Waals surface area contributed by atoms with E-state index in [2.05, 4.69) is 16.8 Å². The number of thioether (sulfide) groups is 1. The number of methoxy groups -OCH3 is 1. The quantitative estimate of drug-likeness (QED) is 0.817. The lowest BCUT2D eigenvalue weighted by molar-refractivity contribution is 0.0602. The molecule has 1 fully saturated rings. The van der Waals surface area contributed by atoms with Gasteiger partial charge >= 0.3 is 5.97 Å². The molecule has 98 valence electrons. The normalized spacial score (nSPS) is 19.7. The van der Waals surface area contributed by atoms with E-state index in [0.29, 0.717) is 22.3 Å². The van der Waals surface area contributed by atoms with E-state index in [9.17, 15) is 4.79 Å². The molecule has 1 aliphatic heterocycles. The summed E-state index contributed by atoms with van der Waals surface area (Å²) < 4.78 is 4.71. The molecule has 2 N–H and O–H groups in total. The Morgan fingerprint density at radius 3 is 3.11 bits per heavy atom. The monoisotopic (exact) mass is 267 g/mol. The molecular formula is C12H17N3O2S. The standard InChI is InChI=1S/C12H17N3O2S/c1-8-7-15(5-6-18-8)11-10(13)9(3-4-14-11)12(16)17-2/h3-4,8H,5-7,13H2,1-2H3. The van der Waals surface area contributed by atoms with E-state index in [1.54, 1.807) is 12.3 Å². The summed E-state index contributed by atoms with van der Waals surface area (Å²) in [6, 6.07) is 1.59. The molecule has 0 spiro atoms. The maximum atomic E-state index is 11.6. The Balaban J connectivity index is 2.30. The molecule has 1 saturated heterocycles. The Morgan fingerprint density at radius 1 is 1.67 bits per heavy atom. The lowest BCUT2D eigenvalue weighted by atomic mass is 10.2. The molecule has 5 nitrogen and oxygen atoms in total. The van der Waals surface area contributed by atoms with Crippen LogP contribution >= 0.6 is 11.8 Å². The highest BCUT2D eigenvalue weighted by Crippen LogP contribution is 2.28. The van der Waals surface area contributed by atoms with Crippen molar-refractivity contribution in [3.8, 4) is 0 Å². The van der Waals surface area contributed by atoms with Crippen LogP contribution in [0.4, 0.5) is 11.5 Å². The number of nitrogens with zero attached hydrogens (tertiary/aromatic N) is 2. The molecule has 1 unspecified atom stereocenters. The molecule has 18 heavy (non-hydrogen) atoms. The number of aromatic nitrogens is 1. The van der Waals surface area contributed by atoms with Crippen LogP contribution in [-0.4, -0.2) is 42.2 Å². The third-order valence-electron chi connectivity index (χ3n) is 2.92. The molecule has 0 radical (unpaired) electrons. The summed E-state index contributed by atoms with van der Waals surface area (Å²) in [4.78, 5) is 18.0. The van der Waals surface area contributed by atoms with Crippen LogP contribution in [-0.2, 0) is 4.74 Å². The molecule has 0 amide bonds. The highest BCUT2D eigenvalue weighted by Gasteiger charge is 2.22. The molecule has 0 aliphatic carbocycles. The predicted molar refractivity (Wildman–Crippen MR) is 74.1 cm³/mol. The van der Waals surface area contributed by atoms with Crippen LogP contribution in [0.15, 0.2) is 12.3 Å². The summed E-state index contributed by atoms with van der Waals surface area (Å²) in [5.74, 6) is 1.31. The zero-order valence-electron chi connectivity index (χ0n) is 10.5. The molecule has 1 aromatic heterocycles. The second-order valence-electron chi connectivity index (χ2n) is 4.21. The zero-order valence-corrected chi connectivity index (χ0v) is 11.4. The second kappa shape index (κ2) is 5.48. The van der Waals surface area contributed by atoms with Crippen LogP contribution in [0.3, 0.4) is 0 Å². The highest BCUT2D eigenvalue weighted by molar-refractivity contribution is 8.00. The molecule has 0 aromatic carbocycles. The van der Waals surface area contributed by atoms with Gasteiger partial charge in [0.05, 0.1) is 18.4 Å². The first-order valence-corrected chi connectivity index (χ1v) is 6.87. The Hall–Kier alpha value is -1.43. The van der Waals surface area contributed by atoms with E-state index < -0.39 is 5.97 Å². The average Bonchev–Trinajstić information content (AvgIpc) is 2.38. The lowest BCUT2D eigenvalue weighted by Gasteiger charge is -2.32. The number of pyridine rings is 1. The molecular weight excluding hydrogens is 250 g/mol. The fourth-order valence-electron chi connectivity index (χ4n) is 2.01. The van der Waals surface area contributed by atoms with E-state index in [-0.39, 0.29) is 0 Å². The smallest absolute Gasteiger partial charge is 0.340 e. The Kier molecular flexibility index (Phi) is 3.96. The first kappa shape index (κ1) is 13.0. The second-order valence-corrected chi connectivity index (χ2v) is 5.76. The number of nitrogen functional groups attached to an aromatic ring is 1. The van der Waals surface area contributed by atoms with Gasteiger partial charge in [0.15, 0.2) is 5.82 Å². The van der Waals surface area contributed by atoms with Gasteiger partial charge in [0.2, 0.25) is 0 Å². The van der Waals surface area contributed by atoms with Gasteiger partial charge in [-0.1, -0.05) is 6.92 Å². The fraction of sp³-hybridized carbons (Fsp3) is 0.500. The fourth-order valence-corrected chi connectivity index (χ4v) is 3.03. The molecule has 1 atom stereocenters. The molecule has 0 bridgehead atoms. The van der Waals surface area contributed by atoms with Crippen LogP contribution < -0.4 is 10.6 Å². The summed E-state index contributed by atoms with van der Waals surface area (Å²) in [5.41, 5.74) is 6.81. The Bertz CT molecular complexity index is 453. The lowest BCUT2D eigenvalue weighted by Crippen LogP contribution is -2.37. The van der Waals surface area contributed by atoms with E-state index in [1.165, 1.54) is 7.11 Å². The Morgan fingerprint density at radius 2 is 2.44 bits per heavy atom. The van der Waals surface area contributed by atoms with Crippen LogP contribution in [0.5, 0.6) is 0 Å². The summed E-state index contributed by atoms with van der Waals surface area (Å²) in [6.45, 7) is 3.97. The maximum Gasteiger partial charge on any atom is 0.340 e. The first-order chi connectivity index (χ1) is 8.63. The minimum Gasteiger partial charge on any atom is -0.465 e. The van der Waals surface area contributed by atoms with Crippen molar-refractivity contribution >= 4 is 29.2 Å². The molecule has 0 saturated carbocycles. The summed E-state index contributed by atoms with van der Waals surface area (Å²) in [5, 5.41) is 0.543. The van der Waals surface area contributed by atoms with Crippen molar-refractivity contribution in [2.75, 3.05) is 36.6 Å². The van der Waals surface area contributed by atoms with Gasteiger partial charge in [-0.25, -0.2) is 9.78 Å². The van der Waals surface area contributed by atoms with Gasteiger partial charge in [0, 0.05) is 30.3 Å². The molecule has 6 heteroatoms. The van der Waals surface area contributed by atoms with Gasteiger partial charge in [-0.2, -0.15) is 11.8 Å².